The predicted octanol–water partition coefficient (Wildman–Crippen LogP) is 4.50. The molecule has 0 bridgehead atoms. The zero-order valence-electron chi connectivity index (χ0n) is 9.74. The zero-order valence-corrected chi connectivity index (χ0v) is 9.74. The van der Waals surface area contributed by atoms with E-state index in [4.69, 9.17) is 0 Å². The molecule has 0 saturated heterocycles. The molecule has 0 fully saturated rings. The van der Waals surface area contributed by atoms with Crippen molar-refractivity contribution in [3.8, 4) is 11.1 Å². The van der Waals surface area contributed by atoms with Gasteiger partial charge in [-0.3, -0.25) is 0 Å². The molecule has 0 saturated carbocycles. The molecule has 0 aliphatic carbocycles. The largest absolute Gasteiger partial charge is 0.0654 e. The van der Waals surface area contributed by atoms with Gasteiger partial charge in [-0.15, -0.1) is 0 Å². The van der Waals surface area contributed by atoms with E-state index < -0.39 is 0 Å². The third kappa shape index (κ3) is 2.73. The second-order valence-electron chi connectivity index (χ2n) is 4.07. The van der Waals surface area contributed by atoms with Crippen molar-refractivity contribution >= 4 is 0 Å². The summed E-state index contributed by atoms with van der Waals surface area (Å²) < 4.78 is 0. The highest BCUT2D eigenvalue weighted by Gasteiger charge is 1.98. The molecule has 0 aromatic heterocycles. The molecule has 0 spiro atoms. The van der Waals surface area contributed by atoms with Crippen LogP contribution in [0, 0.1) is 6.07 Å². The summed E-state index contributed by atoms with van der Waals surface area (Å²) in [7, 11) is 0. The summed E-state index contributed by atoms with van der Waals surface area (Å²) in [6.45, 7) is 2.22. The minimum atomic E-state index is 1.14. The maximum Gasteiger partial charge on any atom is -0.0149 e. The van der Waals surface area contributed by atoms with Crippen LogP contribution in [0.5, 0.6) is 0 Å². The Kier molecular flexibility index (Phi) is 3.76. The molecule has 0 aliphatic rings. The van der Waals surface area contributed by atoms with Gasteiger partial charge in [-0.25, -0.2) is 0 Å². The fourth-order valence-corrected chi connectivity index (χ4v) is 1.84. The van der Waals surface area contributed by atoms with Crippen LogP contribution in [-0.2, 0) is 6.42 Å². The molecule has 0 heterocycles. The van der Waals surface area contributed by atoms with Crippen molar-refractivity contribution in [2.45, 2.75) is 26.2 Å². The number of aryl methyl sites for hydroxylation is 1. The first kappa shape index (κ1) is 10.9. The van der Waals surface area contributed by atoms with Crippen molar-refractivity contribution in [3.05, 3.63) is 60.2 Å². The molecule has 0 heteroatoms. The minimum absolute atomic E-state index is 1.14. The molecule has 0 aliphatic heterocycles. The molecule has 1 radical (unpaired) electrons. The minimum Gasteiger partial charge on any atom is -0.0654 e. The lowest BCUT2D eigenvalue weighted by Crippen LogP contribution is -1.86. The predicted molar refractivity (Wildman–Crippen MR) is 69.3 cm³/mol. The van der Waals surface area contributed by atoms with Gasteiger partial charge in [0.15, 0.2) is 0 Å². The average molecular weight is 209 g/mol. The fourth-order valence-electron chi connectivity index (χ4n) is 1.84. The summed E-state index contributed by atoms with van der Waals surface area (Å²) in [5.41, 5.74) is 3.91. The van der Waals surface area contributed by atoms with Crippen LogP contribution in [0.4, 0.5) is 0 Å². The van der Waals surface area contributed by atoms with Crippen LogP contribution in [0.15, 0.2) is 48.5 Å². The summed E-state index contributed by atoms with van der Waals surface area (Å²) in [6.07, 6.45) is 3.62. The highest BCUT2D eigenvalue weighted by Crippen LogP contribution is 2.20. The number of rotatable bonds is 4. The van der Waals surface area contributed by atoms with Crippen molar-refractivity contribution in [2.75, 3.05) is 0 Å². The quantitative estimate of drug-likeness (QED) is 0.695. The molecular formula is C16H17. The highest BCUT2D eigenvalue weighted by atomic mass is 14.0. The van der Waals surface area contributed by atoms with Crippen molar-refractivity contribution in [1.29, 1.82) is 0 Å². The Morgan fingerprint density at radius 3 is 2.56 bits per heavy atom. The first-order valence-electron chi connectivity index (χ1n) is 5.96. The van der Waals surface area contributed by atoms with E-state index in [9.17, 15) is 0 Å². The summed E-state index contributed by atoms with van der Waals surface area (Å²) in [5.74, 6) is 0. The molecule has 16 heavy (non-hydrogen) atoms. The smallest absolute Gasteiger partial charge is 0.0149 e. The SMILES string of the molecule is CCCCc1[c]ccc(-c2ccccc2)c1. The van der Waals surface area contributed by atoms with Gasteiger partial charge in [0, 0.05) is 0 Å². The van der Waals surface area contributed by atoms with Crippen molar-refractivity contribution < 1.29 is 0 Å². The van der Waals surface area contributed by atoms with Crippen LogP contribution in [0.2, 0.25) is 0 Å². The van der Waals surface area contributed by atoms with E-state index in [0.717, 1.165) is 6.42 Å². The zero-order chi connectivity index (χ0) is 11.2. The molecule has 0 nitrogen and oxygen atoms in total. The van der Waals surface area contributed by atoms with E-state index in [1.807, 2.05) is 6.07 Å². The van der Waals surface area contributed by atoms with Crippen molar-refractivity contribution in [2.24, 2.45) is 0 Å². The third-order valence-electron chi connectivity index (χ3n) is 2.77. The van der Waals surface area contributed by atoms with Gasteiger partial charge in [0.25, 0.3) is 0 Å². The van der Waals surface area contributed by atoms with Gasteiger partial charge in [0.2, 0.25) is 0 Å². The number of unbranched alkanes of at least 4 members (excludes halogenated alkanes) is 1. The van der Waals surface area contributed by atoms with Crippen LogP contribution in [0.25, 0.3) is 11.1 Å². The van der Waals surface area contributed by atoms with Crippen LogP contribution >= 0.6 is 0 Å². The molecule has 2 aromatic rings. The standard InChI is InChI=1S/C16H17/c1-2-3-8-14-9-7-12-16(13-14)15-10-5-4-6-11-15/h4-7,10-13H,2-3,8H2,1H3. The Bertz CT molecular complexity index is 429. The Balaban J connectivity index is 2.22. The molecule has 0 N–H and O–H groups in total. The Labute approximate surface area is 97.9 Å². The van der Waals surface area contributed by atoms with E-state index in [1.165, 1.54) is 29.5 Å². The van der Waals surface area contributed by atoms with Crippen LogP contribution < -0.4 is 0 Å². The lowest BCUT2D eigenvalue weighted by Gasteiger charge is -2.04. The Morgan fingerprint density at radius 1 is 1.00 bits per heavy atom. The summed E-state index contributed by atoms with van der Waals surface area (Å²) in [5, 5.41) is 0. The lowest BCUT2D eigenvalue weighted by molar-refractivity contribution is 0.794. The van der Waals surface area contributed by atoms with Gasteiger partial charge in [0.1, 0.15) is 0 Å². The van der Waals surface area contributed by atoms with E-state index in [0.29, 0.717) is 0 Å². The van der Waals surface area contributed by atoms with Gasteiger partial charge in [-0.1, -0.05) is 61.9 Å². The highest BCUT2D eigenvalue weighted by molar-refractivity contribution is 5.63. The van der Waals surface area contributed by atoms with Crippen LogP contribution in [-0.4, -0.2) is 0 Å². The second kappa shape index (κ2) is 5.50. The van der Waals surface area contributed by atoms with Crippen molar-refractivity contribution in [1.82, 2.24) is 0 Å². The molecule has 0 atom stereocenters. The normalized spacial score (nSPS) is 10.3. The molecule has 0 amide bonds. The first-order chi connectivity index (χ1) is 7.90. The van der Waals surface area contributed by atoms with Gasteiger partial charge in [-0.2, -0.15) is 0 Å². The van der Waals surface area contributed by atoms with E-state index in [2.05, 4.69) is 55.5 Å². The molecule has 81 valence electrons. The topological polar surface area (TPSA) is 0 Å². The van der Waals surface area contributed by atoms with Gasteiger partial charge in [0.05, 0.1) is 0 Å². The monoisotopic (exact) mass is 209 g/mol. The Hall–Kier alpha value is -1.56. The number of benzene rings is 2. The van der Waals surface area contributed by atoms with E-state index in [-0.39, 0.29) is 0 Å². The summed E-state index contributed by atoms with van der Waals surface area (Å²) >= 11 is 0. The molecule has 2 aromatic carbocycles. The third-order valence-corrected chi connectivity index (χ3v) is 2.77. The van der Waals surface area contributed by atoms with E-state index >= 15 is 0 Å². The summed E-state index contributed by atoms with van der Waals surface area (Å²) in [6, 6.07) is 20.3. The van der Waals surface area contributed by atoms with Crippen LogP contribution in [0.3, 0.4) is 0 Å². The van der Waals surface area contributed by atoms with Gasteiger partial charge in [-0.05, 0) is 35.6 Å². The summed E-state index contributed by atoms with van der Waals surface area (Å²) in [4.78, 5) is 0. The van der Waals surface area contributed by atoms with Gasteiger partial charge < -0.3 is 0 Å². The fraction of sp³-hybridized carbons (Fsp3) is 0.250. The molecule has 2 rings (SSSR count). The molecule has 0 unspecified atom stereocenters. The average Bonchev–Trinajstić information content (AvgIpc) is 2.38. The van der Waals surface area contributed by atoms with Gasteiger partial charge >= 0.3 is 0 Å². The number of hydrogen-bond acceptors (Lipinski definition) is 0. The maximum absolute atomic E-state index is 3.31. The molecular weight excluding hydrogens is 192 g/mol. The van der Waals surface area contributed by atoms with E-state index in [1.54, 1.807) is 0 Å². The lowest BCUT2D eigenvalue weighted by atomic mass is 10.0. The number of hydrogen-bond donors (Lipinski definition) is 0. The maximum atomic E-state index is 3.31. The van der Waals surface area contributed by atoms with Crippen LogP contribution in [0.1, 0.15) is 25.3 Å². The van der Waals surface area contributed by atoms with Crippen molar-refractivity contribution in [3.63, 3.8) is 0 Å². The second-order valence-corrected chi connectivity index (χ2v) is 4.07. The first-order valence-corrected chi connectivity index (χ1v) is 5.96. The Morgan fingerprint density at radius 2 is 1.81 bits per heavy atom.